The molecule has 150 valence electrons. The zero-order valence-electron chi connectivity index (χ0n) is 15.3. The molecule has 0 aliphatic carbocycles. The first-order valence-corrected chi connectivity index (χ1v) is 10.4. The molecule has 0 spiro atoms. The van der Waals surface area contributed by atoms with Crippen LogP contribution in [0.4, 0.5) is 5.69 Å². The summed E-state index contributed by atoms with van der Waals surface area (Å²) >= 11 is 5.96. The molecule has 0 fully saturated rings. The number of halogens is 1. The Morgan fingerprint density at radius 2 is 1.76 bits per heavy atom. The first kappa shape index (κ1) is 20.8. The summed E-state index contributed by atoms with van der Waals surface area (Å²) in [6, 6.07) is 16.4. The number of sulfonamides is 1. The zero-order chi connectivity index (χ0) is 21.2. The lowest BCUT2D eigenvalue weighted by Crippen LogP contribution is -2.30. The molecule has 0 radical (unpaired) electrons. The number of hydrogen-bond acceptors (Lipinski definition) is 5. The van der Waals surface area contributed by atoms with Crippen molar-refractivity contribution in [3.8, 4) is 0 Å². The molecule has 0 aliphatic heterocycles. The standard InChI is InChI=1S/C20H17ClN2O5S/c1-12(19(24)23-18-8-4-6-13-5-2-3-7-15(13)18)28-20(25)16-11-14(29(22,26)27)9-10-17(16)21/h2-12H,1H3,(H,23,24)(H2,22,26,27). The van der Waals surface area contributed by atoms with Crippen LogP contribution in [-0.2, 0) is 19.6 Å². The number of esters is 1. The number of benzene rings is 3. The number of nitrogens with one attached hydrogen (secondary N) is 1. The van der Waals surface area contributed by atoms with E-state index in [0.29, 0.717) is 5.69 Å². The number of carbonyl (C=O) groups excluding carboxylic acids is 2. The van der Waals surface area contributed by atoms with E-state index in [9.17, 15) is 18.0 Å². The molecule has 1 unspecified atom stereocenters. The van der Waals surface area contributed by atoms with Crippen molar-refractivity contribution in [3.63, 3.8) is 0 Å². The summed E-state index contributed by atoms with van der Waals surface area (Å²) in [7, 11) is -4.03. The highest BCUT2D eigenvalue weighted by Gasteiger charge is 2.22. The Hall–Kier alpha value is -2.94. The van der Waals surface area contributed by atoms with Gasteiger partial charge in [0.2, 0.25) is 10.0 Å². The molecule has 3 rings (SSSR count). The first-order chi connectivity index (χ1) is 13.7. The molecule has 0 aromatic heterocycles. The fourth-order valence-corrected chi connectivity index (χ4v) is 3.42. The van der Waals surface area contributed by atoms with Gasteiger partial charge in [0.1, 0.15) is 0 Å². The maximum Gasteiger partial charge on any atom is 0.340 e. The minimum atomic E-state index is -4.03. The SMILES string of the molecule is CC(OC(=O)c1cc(S(N)(=O)=O)ccc1Cl)C(=O)Nc1cccc2ccccc12. The summed E-state index contributed by atoms with van der Waals surface area (Å²) in [6.45, 7) is 1.40. The molecule has 3 aromatic rings. The van der Waals surface area contributed by atoms with E-state index in [1.54, 1.807) is 12.1 Å². The molecule has 9 heteroatoms. The molecule has 3 aromatic carbocycles. The summed E-state index contributed by atoms with van der Waals surface area (Å²) in [6.07, 6.45) is -1.16. The van der Waals surface area contributed by atoms with Crippen molar-refractivity contribution in [1.29, 1.82) is 0 Å². The minimum absolute atomic E-state index is 0.0240. The Balaban J connectivity index is 1.77. The van der Waals surface area contributed by atoms with E-state index in [1.165, 1.54) is 19.1 Å². The van der Waals surface area contributed by atoms with Crippen LogP contribution in [0.2, 0.25) is 5.02 Å². The number of carbonyl (C=O) groups is 2. The Bertz CT molecular complexity index is 1210. The Labute approximate surface area is 172 Å². The van der Waals surface area contributed by atoms with Crippen LogP contribution < -0.4 is 10.5 Å². The third kappa shape index (κ3) is 4.73. The van der Waals surface area contributed by atoms with Crippen molar-refractivity contribution >= 4 is 50.0 Å². The van der Waals surface area contributed by atoms with Crippen LogP contribution in [0.3, 0.4) is 0 Å². The molecule has 1 atom stereocenters. The monoisotopic (exact) mass is 432 g/mol. The number of nitrogens with two attached hydrogens (primary N) is 1. The van der Waals surface area contributed by atoms with Crippen LogP contribution in [0, 0.1) is 0 Å². The molecule has 7 nitrogen and oxygen atoms in total. The van der Waals surface area contributed by atoms with Crippen molar-refractivity contribution in [1.82, 2.24) is 0 Å². The number of primary sulfonamides is 1. The predicted molar refractivity (Wildman–Crippen MR) is 110 cm³/mol. The second kappa shape index (κ2) is 8.20. The van der Waals surface area contributed by atoms with Crippen LogP contribution in [0.5, 0.6) is 0 Å². The van der Waals surface area contributed by atoms with Gasteiger partial charge >= 0.3 is 5.97 Å². The zero-order valence-corrected chi connectivity index (χ0v) is 16.8. The van der Waals surface area contributed by atoms with Gasteiger partial charge in [-0.3, -0.25) is 4.79 Å². The van der Waals surface area contributed by atoms with Crippen LogP contribution in [0.1, 0.15) is 17.3 Å². The van der Waals surface area contributed by atoms with Crippen LogP contribution in [0.15, 0.2) is 65.6 Å². The Morgan fingerprint density at radius 1 is 1.07 bits per heavy atom. The quantitative estimate of drug-likeness (QED) is 0.600. The van der Waals surface area contributed by atoms with Crippen molar-refractivity contribution in [2.24, 2.45) is 5.14 Å². The lowest BCUT2D eigenvalue weighted by Gasteiger charge is -2.15. The van der Waals surface area contributed by atoms with Gasteiger partial charge in [0.25, 0.3) is 5.91 Å². The van der Waals surface area contributed by atoms with E-state index >= 15 is 0 Å². The summed E-state index contributed by atoms with van der Waals surface area (Å²) in [5, 5.41) is 9.56. The highest BCUT2D eigenvalue weighted by atomic mass is 35.5. The van der Waals surface area contributed by atoms with Gasteiger partial charge in [-0.1, -0.05) is 48.0 Å². The summed E-state index contributed by atoms with van der Waals surface area (Å²) in [5.74, 6) is -1.49. The van der Waals surface area contributed by atoms with E-state index < -0.39 is 28.0 Å². The maximum absolute atomic E-state index is 12.5. The molecular weight excluding hydrogens is 416 g/mol. The molecule has 0 aliphatic rings. The molecule has 0 saturated carbocycles. The first-order valence-electron chi connectivity index (χ1n) is 8.49. The van der Waals surface area contributed by atoms with Crippen molar-refractivity contribution in [2.45, 2.75) is 17.9 Å². The third-order valence-electron chi connectivity index (χ3n) is 4.19. The fraction of sp³-hybridized carbons (Fsp3) is 0.100. The van der Waals surface area contributed by atoms with Gasteiger partial charge in [-0.2, -0.15) is 0 Å². The second-order valence-electron chi connectivity index (χ2n) is 6.25. The van der Waals surface area contributed by atoms with Crippen LogP contribution in [0.25, 0.3) is 10.8 Å². The Kier molecular flexibility index (Phi) is 5.88. The molecule has 3 N–H and O–H groups in total. The number of fused-ring (bicyclic) bond motifs is 1. The van der Waals surface area contributed by atoms with E-state index in [0.717, 1.165) is 16.8 Å². The Morgan fingerprint density at radius 3 is 2.48 bits per heavy atom. The topological polar surface area (TPSA) is 116 Å². The van der Waals surface area contributed by atoms with Gasteiger partial charge in [-0.25, -0.2) is 18.4 Å². The van der Waals surface area contributed by atoms with Crippen molar-refractivity contribution in [2.75, 3.05) is 5.32 Å². The summed E-state index contributed by atoms with van der Waals surface area (Å²) in [4.78, 5) is 24.6. The summed E-state index contributed by atoms with van der Waals surface area (Å²) in [5.41, 5.74) is 0.369. The lowest BCUT2D eigenvalue weighted by molar-refractivity contribution is -0.123. The number of ether oxygens (including phenoxy) is 1. The van der Waals surface area contributed by atoms with E-state index in [1.807, 2.05) is 30.3 Å². The molecular formula is C20H17ClN2O5S. The van der Waals surface area contributed by atoms with Gasteiger partial charge in [-0.15, -0.1) is 0 Å². The van der Waals surface area contributed by atoms with Gasteiger partial charge in [-0.05, 0) is 36.6 Å². The van der Waals surface area contributed by atoms with Crippen LogP contribution >= 0.6 is 11.6 Å². The van der Waals surface area contributed by atoms with Crippen molar-refractivity contribution < 1.29 is 22.7 Å². The second-order valence-corrected chi connectivity index (χ2v) is 8.22. The van der Waals surface area contributed by atoms with E-state index in [-0.39, 0.29) is 15.5 Å². The van der Waals surface area contributed by atoms with Crippen LogP contribution in [-0.4, -0.2) is 26.4 Å². The minimum Gasteiger partial charge on any atom is -0.449 e. The number of hydrogen-bond donors (Lipinski definition) is 2. The van der Waals surface area contributed by atoms with Gasteiger partial charge in [0.05, 0.1) is 15.5 Å². The normalized spacial score (nSPS) is 12.4. The number of anilines is 1. The molecule has 0 heterocycles. The van der Waals surface area contributed by atoms with E-state index in [2.05, 4.69) is 5.32 Å². The van der Waals surface area contributed by atoms with Gasteiger partial charge in [0.15, 0.2) is 6.10 Å². The fourth-order valence-electron chi connectivity index (χ4n) is 2.68. The molecule has 0 bridgehead atoms. The third-order valence-corrected chi connectivity index (χ3v) is 5.43. The number of rotatable bonds is 5. The highest BCUT2D eigenvalue weighted by Crippen LogP contribution is 2.24. The average Bonchev–Trinajstić information content (AvgIpc) is 2.67. The predicted octanol–water partition coefficient (Wildman–Crippen LogP) is 3.32. The highest BCUT2D eigenvalue weighted by molar-refractivity contribution is 7.89. The van der Waals surface area contributed by atoms with E-state index in [4.69, 9.17) is 21.5 Å². The van der Waals surface area contributed by atoms with Gasteiger partial charge in [0, 0.05) is 11.1 Å². The molecule has 0 saturated heterocycles. The lowest BCUT2D eigenvalue weighted by atomic mass is 10.1. The molecule has 1 amide bonds. The van der Waals surface area contributed by atoms with Gasteiger partial charge < -0.3 is 10.1 Å². The molecule has 29 heavy (non-hydrogen) atoms. The summed E-state index contributed by atoms with van der Waals surface area (Å²) < 4.78 is 28.1. The number of amides is 1. The average molecular weight is 433 g/mol. The maximum atomic E-state index is 12.5. The van der Waals surface area contributed by atoms with Crippen molar-refractivity contribution in [3.05, 3.63) is 71.2 Å². The largest absolute Gasteiger partial charge is 0.449 e. The smallest absolute Gasteiger partial charge is 0.340 e.